The zero-order valence-corrected chi connectivity index (χ0v) is 15.2. The van der Waals surface area contributed by atoms with Crippen LogP contribution in [0.1, 0.15) is 49.5 Å². The SMILES string of the molecule is C[C@H](NC(=O)c1nc(-c2cc(Cl)ccn2)[nH]c(=O)c1O)C1CCCCC1. The Morgan fingerprint density at radius 2 is 2.12 bits per heavy atom. The highest BCUT2D eigenvalue weighted by Gasteiger charge is 2.25. The Bertz CT molecular complexity index is 862. The van der Waals surface area contributed by atoms with E-state index in [4.69, 9.17) is 11.6 Å². The minimum Gasteiger partial charge on any atom is -0.501 e. The second-order valence-corrected chi connectivity index (χ2v) is 7.07. The van der Waals surface area contributed by atoms with Gasteiger partial charge < -0.3 is 15.4 Å². The summed E-state index contributed by atoms with van der Waals surface area (Å²) in [6.07, 6.45) is 7.13. The van der Waals surface area contributed by atoms with Crippen LogP contribution in [-0.4, -0.2) is 32.0 Å². The number of aromatic amines is 1. The Labute approximate surface area is 155 Å². The van der Waals surface area contributed by atoms with Crippen LogP contribution in [-0.2, 0) is 0 Å². The largest absolute Gasteiger partial charge is 0.501 e. The molecule has 2 aromatic rings. The first-order chi connectivity index (χ1) is 12.5. The average Bonchev–Trinajstić information content (AvgIpc) is 2.64. The Balaban J connectivity index is 1.86. The van der Waals surface area contributed by atoms with Crippen LogP contribution in [0.5, 0.6) is 5.75 Å². The van der Waals surface area contributed by atoms with E-state index in [1.54, 1.807) is 6.07 Å². The summed E-state index contributed by atoms with van der Waals surface area (Å²) in [4.78, 5) is 35.2. The number of hydrogen-bond acceptors (Lipinski definition) is 5. The van der Waals surface area contributed by atoms with Crippen LogP contribution in [0.3, 0.4) is 0 Å². The predicted molar refractivity (Wildman–Crippen MR) is 98.3 cm³/mol. The molecule has 1 aliphatic carbocycles. The number of aromatic nitrogens is 3. The number of halogens is 1. The second-order valence-electron chi connectivity index (χ2n) is 6.63. The molecule has 8 heteroatoms. The van der Waals surface area contributed by atoms with E-state index in [-0.39, 0.29) is 17.6 Å². The first kappa shape index (κ1) is 18.4. The highest BCUT2D eigenvalue weighted by Crippen LogP contribution is 2.26. The van der Waals surface area contributed by atoms with E-state index < -0.39 is 17.2 Å². The van der Waals surface area contributed by atoms with Gasteiger partial charge in [-0.2, -0.15) is 0 Å². The smallest absolute Gasteiger partial charge is 0.294 e. The van der Waals surface area contributed by atoms with Crippen molar-refractivity contribution in [2.24, 2.45) is 5.92 Å². The molecule has 1 aliphatic rings. The van der Waals surface area contributed by atoms with Gasteiger partial charge in [-0.25, -0.2) is 4.98 Å². The molecule has 3 rings (SSSR count). The lowest BCUT2D eigenvalue weighted by Gasteiger charge is -2.28. The summed E-state index contributed by atoms with van der Waals surface area (Å²) in [5.41, 5.74) is -0.801. The fourth-order valence-corrected chi connectivity index (χ4v) is 3.47. The van der Waals surface area contributed by atoms with Crippen molar-refractivity contribution in [1.82, 2.24) is 20.3 Å². The van der Waals surface area contributed by atoms with Crippen molar-refractivity contribution in [3.8, 4) is 17.3 Å². The van der Waals surface area contributed by atoms with E-state index in [1.807, 2.05) is 6.92 Å². The summed E-state index contributed by atoms with van der Waals surface area (Å²) in [6, 6.07) is 3.04. The normalized spacial score (nSPS) is 16.2. The number of nitrogens with one attached hydrogen (secondary N) is 2. The summed E-state index contributed by atoms with van der Waals surface area (Å²) < 4.78 is 0. The number of H-pyrrole nitrogens is 1. The third kappa shape index (κ3) is 4.04. The lowest BCUT2D eigenvalue weighted by molar-refractivity contribution is 0.0911. The van der Waals surface area contributed by atoms with Crippen LogP contribution in [0.15, 0.2) is 23.1 Å². The fraction of sp³-hybridized carbons (Fsp3) is 0.444. The molecule has 26 heavy (non-hydrogen) atoms. The average molecular weight is 377 g/mol. The summed E-state index contributed by atoms with van der Waals surface area (Å²) in [5, 5.41) is 13.3. The molecule has 1 fully saturated rings. The summed E-state index contributed by atoms with van der Waals surface area (Å²) in [5.74, 6) is -0.809. The van der Waals surface area contributed by atoms with Crippen molar-refractivity contribution >= 4 is 17.5 Å². The quantitative estimate of drug-likeness (QED) is 0.760. The molecule has 0 unspecified atom stereocenters. The van der Waals surface area contributed by atoms with Crippen molar-refractivity contribution in [3.05, 3.63) is 39.4 Å². The van der Waals surface area contributed by atoms with Crippen LogP contribution >= 0.6 is 11.6 Å². The minimum absolute atomic E-state index is 0.0592. The molecule has 1 atom stereocenters. The third-order valence-corrected chi connectivity index (χ3v) is 5.03. The van der Waals surface area contributed by atoms with Gasteiger partial charge in [0.15, 0.2) is 11.5 Å². The van der Waals surface area contributed by atoms with Crippen molar-refractivity contribution in [3.63, 3.8) is 0 Å². The second kappa shape index (κ2) is 7.86. The van der Waals surface area contributed by atoms with Crippen molar-refractivity contribution < 1.29 is 9.90 Å². The van der Waals surface area contributed by atoms with Gasteiger partial charge in [-0.05, 0) is 37.8 Å². The van der Waals surface area contributed by atoms with Gasteiger partial charge in [-0.1, -0.05) is 30.9 Å². The van der Waals surface area contributed by atoms with Gasteiger partial charge >= 0.3 is 0 Å². The van der Waals surface area contributed by atoms with E-state index in [0.29, 0.717) is 16.6 Å². The molecule has 1 amide bonds. The van der Waals surface area contributed by atoms with Crippen LogP contribution < -0.4 is 10.9 Å². The standard InChI is InChI=1S/C18H21ClN4O3/c1-10(11-5-3-2-4-6-11)21-17(25)14-15(24)18(26)23-16(22-14)13-9-12(19)7-8-20-13/h7-11,24H,2-6H2,1H3,(H,21,25)(H,22,23,26)/t10-/m0/s1. The molecule has 3 N–H and O–H groups in total. The number of nitrogens with zero attached hydrogens (tertiary/aromatic N) is 2. The summed E-state index contributed by atoms with van der Waals surface area (Å²) >= 11 is 5.93. The highest BCUT2D eigenvalue weighted by atomic mass is 35.5. The number of pyridine rings is 1. The van der Waals surface area contributed by atoms with Crippen molar-refractivity contribution in [2.45, 2.75) is 45.1 Å². The predicted octanol–water partition coefficient (Wildman–Crippen LogP) is 2.89. The van der Waals surface area contributed by atoms with Gasteiger partial charge in [0.1, 0.15) is 5.69 Å². The van der Waals surface area contributed by atoms with Crippen LogP contribution in [0.2, 0.25) is 5.02 Å². The molecule has 0 aromatic carbocycles. The maximum atomic E-state index is 12.6. The number of amides is 1. The molecular formula is C18H21ClN4O3. The highest BCUT2D eigenvalue weighted by molar-refractivity contribution is 6.30. The Morgan fingerprint density at radius 1 is 1.38 bits per heavy atom. The molecular weight excluding hydrogens is 356 g/mol. The fourth-order valence-electron chi connectivity index (χ4n) is 3.31. The summed E-state index contributed by atoms with van der Waals surface area (Å²) in [7, 11) is 0. The van der Waals surface area contributed by atoms with Gasteiger partial charge in [0.05, 0.1) is 0 Å². The van der Waals surface area contributed by atoms with Gasteiger partial charge in [0.2, 0.25) is 5.75 Å². The van der Waals surface area contributed by atoms with Crippen LogP contribution in [0, 0.1) is 5.92 Å². The Hall–Kier alpha value is -2.41. The number of aromatic hydroxyl groups is 1. The number of hydrogen-bond donors (Lipinski definition) is 3. The first-order valence-corrected chi connectivity index (χ1v) is 9.09. The molecule has 2 aromatic heterocycles. The topological polar surface area (TPSA) is 108 Å². The lowest BCUT2D eigenvalue weighted by Crippen LogP contribution is -2.39. The molecule has 0 bridgehead atoms. The molecule has 0 saturated heterocycles. The van der Waals surface area contributed by atoms with E-state index >= 15 is 0 Å². The molecule has 0 spiro atoms. The number of carbonyl (C=O) groups is 1. The maximum absolute atomic E-state index is 12.6. The zero-order chi connectivity index (χ0) is 18.7. The number of carbonyl (C=O) groups excluding carboxylic acids is 1. The van der Waals surface area contributed by atoms with Gasteiger partial charge in [-0.15, -0.1) is 0 Å². The Morgan fingerprint density at radius 3 is 2.81 bits per heavy atom. The molecule has 0 aliphatic heterocycles. The molecule has 7 nitrogen and oxygen atoms in total. The van der Waals surface area contributed by atoms with Crippen LogP contribution in [0.25, 0.3) is 11.5 Å². The molecule has 1 saturated carbocycles. The van der Waals surface area contributed by atoms with Gasteiger partial charge in [0.25, 0.3) is 11.5 Å². The van der Waals surface area contributed by atoms with E-state index in [0.717, 1.165) is 25.7 Å². The van der Waals surface area contributed by atoms with E-state index in [1.165, 1.54) is 18.7 Å². The molecule has 2 heterocycles. The monoisotopic (exact) mass is 376 g/mol. The first-order valence-electron chi connectivity index (χ1n) is 8.72. The van der Waals surface area contributed by atoms with E-state index in [2.05, 4.69) is 20.3 Å². The van der Waals surface area contributed by atoms with Gasteiger partial charge in [-0.3, -0.25) is 14.6 Å². The molecule has 138 valence electrons. The minimum atomic E-state index is -0.799. The van der Waals surface area contributed by atoms with Crippen LogP contribution in [0.4, 0.5) is 0 Å². The zero-order valence-electron chi connectivity index (χ0n) is 14.5. The maximum Gasteiger partial charge on any atom is 0.294 e. The lowest BCUT2D eigenvalue weighted by atomic mass is 9.84. The number of rotatable bonds is 4. The van der Waals surface area contributed by atoms with Crippen molar-refractivity contribution in [2.75, 3.05) is 0 Å². The van der Waals surface area contributed by atoms with Crippen molar-refractivity contribution in [1.29, 1.82) is 0 Å². The Kier molecular flexibility index (Phi) is 5.56. The third-order valence-electron chi connectivity index (χ3n) is 4.79. The van der Waals surface area contributed by atoms with Gasteiger partial charge in [0, 0.05) is 17.3 Å². The summed E-state index contributed by atoms with van der Waals surface area (Å²) in [6.45, 7) is 1.94. The van der Waals surface area contributed by atoms with E-state index in [9.17, 15) is 14.7 Å². The molecule has 0 radical (unpaired) electrons.